The monoisotopic (exact) mass is 233 g/mol. The Morgan fingerprint density at radius 3 is 2.88 bits per heavy atom. The van der Waals surface area contributed by atoms with Gasteiger partial charge in [0, 0.05) is 38.9 Å². The third-order valence-corrected chi connectivity index (χ3v) is 3.59. The first kappa shape index (κ1) is 10.9. The Bertz CT molecular complexity index is 398. The van der Waals surface area contributed by atoms with Crippen LogP contribution in [-0.4, -0.2) is 54.6 Å². The minimum Gasteiger partial charge on any atom is -0.338 e. The summed E-state index contributed by atoms with van der Waals surface area (Å²) in [7, 11) is 2.16. The number of likely N-dealkylation sites (N-methyl/N-ethyl adjacent to an activating group) is 1. The number of hydrogen-bond donors (Lipinski definition) is 1. The van der Waals surface area contributed by atoms with E-state index in [0.717, 1.165) is 51.6 Å². The molecule has 1 saturated heterocycles. The summed E-state index contributed by atoms with van der Waals surface area (Å²) >= 11 is 0. The molecule has 0 aliphatic carbocycles. The Labute approximate surface area is 102 Å². The molecule has 2 aliphatic heterocycles. The summed E-state index contributed by atoms with van der Waals surface area (Å²) < 4.78 is 0. The number of anilines is 1. The average molecular weight is 233 g/mol. The second-order valence-corrected chi connectivity index (χ2v) is 4.86. The van der Waals surface area contributed by atoms with Gasteiger partial charge in [-0.1, -0.05) is 0 Å². The molecular weight excluding hydrogens is 214 g/mol. The largest absolute Gasteiger partial charge is 0.338 e. The molecule has 92 valence electrons. The average Bonchev–Trinajstić information content (AvgIpc) is 2.39. The summed E-state index contributed by atoms with van der Waals surface area (Å²) in [6.07, 6.45) is 3.06. The van der Waals surface area contributed by atoms with E-state index in [1.54, 1.807) is 0 Å². The van der Waals surface area contributed by atoms with Crippen LogP contribution in [0.25, 0.3) is 0 Å². The third kappa shape index (κ3) is 2.25. The second kappa shape index (κ2) is 4.58. The van der Waals surface area contributed by atoms with Crippen molar-refractivity contribution in [2.75, 3.05) is 44.7 Å². The minimum atomic E-state index is 0.887. The highest BCUT2D eigenvalue weighted by Crippen LogP contribution is 2.15. The van der Waals surface area contributed by atoms with Crippen LogP contribution in [0.15, 0.2) is 6.20 Å². The van der Waals surface area contributed by atoms with Crippen LogP contribution in [0.5, 0.6) is 0 Å². The van der Waals surface area contributed by atoms with Crippen molar-refractivity contribution in [3.8, 4) is 0 Å². The molecule has 1 aromatic heterocycles. The zero-order valence-electron chi connectivity index (χ0n) is 10.3. The van der Waals surface area contributed by atoms with Crippen LogP contribution in [0.4, 0.5) is 5.95 Å². The van der Waals surface area contributed by atoms with E-state index >= 15 is 0 Å². The van der Waals surface area contributed by atoms with Crippen molar-refractivity contribution in [2.45, 2.75) is 13.0 Å². The molecule has 0 spiro atoms. The fourth-order valence-corrected chi connectivity index (χ4v) is 2.38. The number of nitrogens with one attached hydrogen (secondary N) is 1. The van der Waals surface area contributed by atoms with Crippen molar-refractivity contribution in [1.82, 2.24) is 20.2 Å². The van der Waals surface area contributed by atoms with Crippen LogP contribution >= 0.6 is 0 Å². The molecule has 1 N–H and O–H groups in total. The van der Waals surface area contributed by atoms with Gasteiger partial charge in [0.25, 0.3) is 0 Å². The van der Waals surface area contributed by atoms with Gasteiger partial charge in [-0.2, -0.15) is 0 Å². The van der Waals surface area contributed by atoms with E-state index in [0.29, 0.717) is 0 Å². The van der Waals surface area contributed by atoms with E-state index < -0.39 is 0 Å². The van der Waals surface area contributed by atoms with Crippen LogP contribution < -0.4 is 10.2 Å². The van der Waals surface area contributed by atoms with Crippen LogP contribution in [0.2, 0.25) is 0 Å². The standard InChI is InChI=1S/C12H19N5/c1-16-4-6-17(7-5-16)12-14-8-10-2-3-13-9-11(10)15-12/h8,13H,2-7,9H2,1H3. The number of rotatable bonds is 1. The molecule has 5 nitrogen and oxygen atoms in total. The van der Waals surface area contributed by atoms with E-state index in [2.05, 4.69) is 27.1 Å². The molecule has 1 fully saturated rings. The number of hydrogen-bond acceptors (Lipinski definition) is 5. The zero-order valence-corrected chi connectivity index (χ0v) is 10.3. The van der Waals surface area contributed by atoms with Gasteiger partial charge in [0.2, 0.25) is 5.95 Å². The Morgan fingerprint density at radius 2 is 2.06 bits per heavy atom. The van der Waals surface area contributed by atoms with E-state index in [1.807, 2.05) is 6.20 Å². The summed E-state index contributed by atoms with van der Waals surface area (Å²) in [6.45, 7) is 6.19. The maximum absolute atomic E-state index is 4.70. The molecular formula is C12H19N5. The molecule has 1 aromatic rings. The van der Waals surface area contributed by atoms with Gasteiger partial charge >= 0.3 is 0 Å². The molecule has 3 rings (SSSR count). The summed E-state index contributed by atoms with van der Waals surface area (Å²) in [6, 6.07) is 0. The van der Waals surface area contributed by atoms with Gasteiger partial charge in [-0.15, -0.1) is 0 Å². The predicted octanol–water partition coefficient (Wildman–Crippen LogP) is -0.126. The van der Waals surface area contributed by atoms with Crippen molar-refractivity contribution in [1.29, 1.82) is 0 Å². The highest BCUT2D eigenvalue weighted by Gasteiger charge is 2.18. The molecule has 0 saturated carbocycles. The number of fused-ring (bicyclic) bond motifs is 1. The summed E-state index contributed by atoms with van der Waals surface area (Å²) in [5.41, 5.74) is 2.49. The number of piperazine rings is 1. The number of aromatic nitrogens is 2. The van der Waals surface area contributed by atoms with E-state index in [4.69, 9.17) is 4.98 Å². The SMILES string of the molecule is CN1CCN(c2ncc3c(n2)CNCC3)CC1. The lowest BCUT2D eigenvalue weighted by Crippen LogP contribution is -2.45. The first-order chi connectivity index (χ1) is 8.33. The Balaban J connectivity index is 1.79. The summed E-state index contributed by atoms with van der Waals surface area (Å²) in [4.78, 5) is 13.8. The first-order valence-corrected chi connectivity index (χ1v) is 6.32. The Morgan fingerprint density at radius 1 is 1.24 bits per heavy atom. The minimum absolute atomic E-state index is 0.887. The maximum atomic E-state index is 4.70. The maximum Gasteiger partial charge on any atom is 0.225 e. The van der Waals surface area contributed by atoms with Crippen LogP contribution in [0.3, 0.4) is 0 Å². The molecule has 0 aromatic carbocycles. The van der Waals surface area contributed by atoms with Gasteiger partial charge in [0.15, 0.2) is 0 Å². The molecule has 2 aliphatic rings. The predicted molar refractivity (Wildman–Crippen MR) is 67.2 cm³/mol. The molecule has 0 amide bonds. The lowest BCUT2D eigenvalue weighted by molar-refractivity contribution is 0.311. The van der Waals surface area contributed by atoms with Gasteiger partial charge in [0.05, 0.1) is 5.69 Å². The Kier molecular flexibility index (Phi) is 2.94. The molecule has 3 heterocycles. The quantitative estimate of drug-likeness (QED) is 0.732. The molecule has 0 unspecified atom stereocenters. The van der Waals surface area contributed by atoms with E-state index in [1.165, 1.54) is 11.3 Å². The summed E-state index contributed by atoms with van der Waals surface area (Å²) in [5, 5.41) is 3.36. The molecule has 0 atom stereocenters. The molecule has 0 radical (unpaired) electrons. The fraction of sp³-hybridized carbons (Fsp3) is 0.667. The van der Waals surface area contributed by atoms with Gasteiger partial charge < -0.3 is 15.1 Å². The third-order valence-electron chi connectivity index (χ3n) is 3.59. The van der Waals surface area contributed by atoms with Crippen molar-refractivity contribution in [2.24, 2.45) is 0 Å². The number of nitrogens with zero attached hydrogens (tertiary/aromatic N) is 4. The van der Waals surface area contributed by atoms with Crippen molar-refractivity contribution >= 4 is 5.95 Å². The first-order valence-electron chi connectivity index (χ1n) is 6.32. The van der Waals surface area contributed by atoms with Gasteiger partial charge in [0.1, 0.15) is 0 Å². The van der Waals surface area contributed by atoms with Crippen molar-refractivity contribution < 1.29 is 0 Å². The second-order valence-electron chi connectivity index (χ2n) is 4.86. The lowest BCUT2D eigenvalue weighted by atomic mass is 10.1. The van der Waals surface area contributed by atoms with Crippen LogP contribution in [0.1, 0.15) is 11.3 Å². The topological polar surface area (TPSA) is 44.3 Å². The molecule has 5 heteroatoms. The van der Waals surface area contributed by atoms with E-state index in [-0.39, 0.29) is 0 Å². The fourth-order valence-electron chi connectivity index (χ4n) is 2.38. The van der Waals surface area contributed by atoms with Crippen molar-refractivity contribution in [3.05, 3.63) is 17.5 Å². The van der Waals surface area contributed by atoms with Gasteiger partial charge in [-0.25, -0.2) is 9.97 Å². The molecule has 17 heavy (non-hydrogen) atoms. The van der Waals surface area contributed by atoms with Gasteiger partial charge in [-0.3, -0.25) is 0 Å². The van der Waals surface area contributed by atoms with Crippen molar-refractivity contribution in [3.63, 3.8) is 0 Å². The normalized spacial score (nSPS) is 21.4. The lowest BCUT2D eigenvalue weighted by Gasteiger charge is -2.32. The van der Waals surface area contributed by atoms with Crippen LogP contribution in [0, 0.1) is 0 Å². The Hall–Kier alpha value is -1.20. The van der Waals surface area contributed by atoms with E-state index in [9.17, 15) is 0 Å². The summed E-state index contributed by atoms with van der Waals surface area (Å²) in [5.74, 6) is 0.903. The smallest absolute Gasteiger partial charge is 0.225 e. The molecule has 0 bridgehead atoms. The van der Waals surface area contributed by atoms with Crippen LogP contribution in [-0.2, 0) is 13.0 Å². The highest BCUT2D eigenvalue weighted by atomic mass is 15.3. The van der Waals surface area contributed by atoms with Gasteiger partial charge in [-0.05, 0) is 25.6 Å². The highest BCUT2D eigenvalue weighted by molar-refractivity contribution is 5.34. The zero-order chi connectivity index (χ0) is 11.7.